The maximum absolute atomic E-state index is 12.4. The molecule has 0 N–H and O–H groups in total. The second-order valence-electron chi connectivity index (χ2n) is 6.47. The maximum Gasteiger partial charge on any atom is 0.261 e. The highest BCUT2D eigenvalue weighted by Crippen LogP contribution is 2.22. The fraction of sp³-hybridized carbons (Fsp3) is 0.389. The zero-order valence-electron chi connectivity index (χ0n) is 14.3. The van der Waals surface area contributed by atoms with Crippen LogP contribution in [0.25, 0.3) is 0 Å². The highest BCUT2D eigenvalue weighted by atomic mass is 16.2. The fourth-order valence-electron chi connectivity index (χ4n) is 3.52. The summed E-state index contributed by atoms with van der Waals surface area (Å²) in [4.78, 5) is 35.1. The lowest BCUT2D eigenvalue weighted by Gasteiger charge is -2.35. The van der Waals surface area contributed by atoms with Gasteiger partial charge in [-0.2, -0.15) is 0 Å². The predicted octanol–water partition coefficient (Wildman–Crippen LogP) is 0.838. The SMILES string of the molecule is Cn1ccnc1N1CCN(CCN2C(=O)c3ccccc3C2=O)CC1. The number of aryl methyl sites for hydroxylation is 1. The number of benzene rings is 1. The van der Waals surface area contributed by atoms with Crippen molar-refractivity contribution in [1.29, 1.82) is 0 Å². The maximum atomic E-state index is 12.4. The number of fused-ring (bicyclic) bond motifs is 1. The molecule has 1 saturated heterocycles. The van der Waals surface area contributed by atoms with Crippen LogP contribution in [0.15, 0.2) is 36.7 Å². The van der Waals surface area contributed by atoms with Gasteiger partial charge in [-0.1, -0.05) is 12.1 Å². The molecule has 0 unspecified atom stereocenters. The summed E-state index contributed by atoms with van der Waals surface area (Å²) >= 11 is 0. The molecule has 1 fully saturated rings. The number of aromatic nitrogens is 2. The summed E-state index contributed by atoms with van der Waals surface area (Å²) in [6.45, 7) is 4.74. The van der Waals surface area contributed by atoms with Crippen LogP contribution in [0.5, 0.6) is 0 Å². The molecule has 0 spiro atoms. The quantitative estimate of drug-likeness (QED) is 0.773. The number of anilines is 1. The van der Waals surface area contributed by atoms with Crippen LogP contribution >= 0.6 is 0 Å². The number of amides is 2. The van der Waals surface area contributed by atoms with Gasteiger partial charge < -0.3 is 9.47 Å². The van der Waals surface area contributed by atoms with Crippen molar-refractivity contribution in [3.05, 3.63) is 47.8 Å². The number of rotatable bonds is 4. The topological polar surface area (TPSA) is 61.7 Å². The Kier molecular flexibility index (Phi) is 4.01. The largest absolute Gasteiger partial charge is 0.340 e. The van der Waals surface area contributed by atoms with Crippen molar-refractivity contribution in [1.82, 2.24) is 19.4 Å². The summed E-state index contributed by atoms with van der Waals surface area (Å²) in [7, 11) is 2.00. The van der Waals surface area contributed by atoms with Crippen LogP contribution in [0.4, 0.5) is 5.95 Å². The smallest absolute Gasteiger partial charge is 0.261 e. The molecule has 0 aliphatic carbocycles. The van der Waals surface area contributed by atoms with Crippen LogP contribution in [-0.4, -0.2) is 70.4 Å². The average molecular weight is 339 g/mol. The predicted molar refractivity (Wildman–Crippen MR) is 93.7 cm³/mol. The van der Waals surface area contributed by atoms with Gasteiger partial charge in [0.05, 0.1) is 11.1 Å². The van der Waals surface area contributed by atoms with Gasteiger partial charge in [-0.3, -0.25) is 19.4 Å². The molecule has 0 saturated carbocycles. The Balaban J connectivity index is 1.33. The molecule has 0 bridgehead atoms. The third-order valence-electron chi connectivity index (χ3n) is 4.97. The van der Waals surface area contributed by atoms with Crippen LogP contribution in [0.1, 0.15) is 20.7 Å². The summed E-state index contributed by atoms with van der Waals surface area (Å²) in [6.07, 6.45) is 3.76. The molecule has 130 valence electrons. The number of carbonyl (C=O) groups is 2. The van der Waals surface area contributed by atoms with Gasteiger partial charge in [0.1, 0.15) is 0 Å². The van der Waals surface area contributed by atoms with Gasteiger partial charge in [0.15, 0.2) is 0 Å². The molecule has 2 amide bonds. The van der Waals surface area contributed by atoms with Crippen LogP contribution in [0.2, 0.25) is 0 Å². The normalized spacial score (nSPS) is 18.1. The van der Waals surface area contributed by atoms with Crippen molar-refractivity contribution in [2.45, 2.75) is 0 Å². The number of carbonyl (C=O) groups excluding carboxylic acids is 2. The minimum atomic E-state index is -0.174. The first-order valence-electron chi connectivity index (χ1n) is 8.55. The summed E-state index contributed by atoms with van der Waals surface area (Å²) in [5, 5.41) is 0. The number of hydrogen-bond acceptors (Lipinski definition) is 5. The van der Waals surface area contributed by atoms with Gasteiger partial charge in [-0.15, -0.1) is 0 Å². The van der Waals surface area contributed by atoms with Crippen molar-refractivity contribution in [3.8, 4) is 0 Å². The lowest BCUT2D eigenvalue weighted by Crippen LogP contribution is -2.49. The summed E-state index contributed by atoms with van der Waals surface area (Å²) in [6, 6.07) is 7.04. The minimum absolute atomic E-state index is 0.174. The molecule has 0 atom stereocenters. The van der Waals surface area contributed by atoms with Crippen LogP contribution < -0.4 is 4.90 Å². The fourth-order valence-corrected chi connectivity index (χ4v) is 3.52. The molecular weight excluding hydrogens is 318 g/mol. The van der Waals surface area contributed by atoms with Crippen LogP contribution in [-0.2, 0) is 7.05 Å². The summed E-state index contributed by atoms with van der Waals surface area (Å²) < 4.78 is 2.02. The van der Waals surface area contributed by atoms with E-state index in [0.29, 0.717) is 24.2 Å². The van der Waals surface area contributed by atoms with Crippen molar-refractivity contribution >= 4 is 17.8 Å². The van der Waals surface area contributed by atoms with Gasteiger partial charge in [0.25, 0.3) is 11.8 Å². The van der Waals surface area contributed by atoms with Gasteiger partial charge in [0, 0.05) is 58.7 Å². The highest BCUT2D eigenvalue weighted by Gasteiger charge is 2.35. The average Bonchev–Trinajstić information content (AvgIpc) is 3.17. The van der Waals surface area contributed by atoms with E-state index in [4.69, 9.17) is 0 Å². The molecule has 7 nitrogen and oxygen atoms in total. The number of nitrogens with zero attached hydrogens (tertiary/aromatic N) is 5. The lowest BCUT2D eigenvalue weighted by atomic mass is 10.1. The molecule has 2 aliphatic heterocycles. The Morgan fingerprint density at radius 3 is 2.16 bits per heavy atom. The van der Waals surface area contributed by atoms with Gasteiger partial charge >= 0.3 is 0 Å². The number of imide groups is 1. The van der Waals surface area contributed by atoms with E-state index < -0.39 is 0 Å². The molecule has 2 aromatic rings. The first-order valence-corrected chi connectivity index (χ1v) is 8.55. The van der Waals surface area contributed by atoms with E-state index >= 15 is 0 Å². The Hall–Kier alpha value is -2.67. The van der Waals surface area contributed by atoms with Gasteiger partial charge in [-0.25, -0.2) is 4.98 Å². The van der Waals surface area contributed by atoms with Crippen molar-refractivity contribution in [3.63, 3.8) is 0 Å². The third kappa shape index (κ3) is 2.80. The Bertz CT molecular complexity index is 772. The molecule has 25 heavy (non-hydrogen) atoms. The zero-order valence-corrected chi connectivity index (χ0v) is 14.3. The second kappa shape index (κ2) is 6.33. The van der Waals surface area contributed by atoms with E-state index in [9.17, 15) is 9.59 Å². The first kappa shape index (κ1) is 15.8. The molecule has 0 radical (unpaired) electrons. The van der Waals surface area contributed by atoms with E-state index in [1.807, 2.05) is 24.0 Å². The standard InChI is InChI=1S/C18H21N5O2/c1-20-7-6-19-18(20)22-11-8-21(9-12-22)10-13-23-16(24)14-4-2-3-5-15(14)17(23)25/h2-7H,8-13H2,1H3. The monoisotopic (exact) mass is 339 g/mol. The number of imidazole rings is 1. The van der Waals surface area contributed by atoms with Gasteiger partial charge in [0.2, 0.25) is 5.95 Å². The number of piperazine rings is 1. The Morgan fingerprint density at radius 2 is 1.60 bits per heavy atom. The highest BCUT2D eigenvalue weighted by molar-refractivity contribution is 6.21. The summed E-state index contributed by atoms with van der Waals surface area (Å²) in [5.41, 5.74) is 1.04. The van der Waals surface area contributed by atoms with E-state index in [-0.39, 0.29) is 11.8 Å². The Morgan fingerprint density at radius 1 is 0.960 bits per heavy atom. The van der Waals surface area contributed by atoms with Crippen LogP contribution in [0.3, 0.4) is 0 Å². The van der Waals surface area contributed by atoms with E-state index in [1.54, 1.807) is 24.3 Å². The molecular formula is C18H21N5O2. The van der Waals surface area contributed by atoms with E-state index in [0.717, 1.165) is 32.1 Å². The minimum Gasteiger partial charge on any atom is -0.340 e. The molecule has 4 rings (SSSR count). The molecule has 3 heterocycles. The molecule has 2 aliphatic rings. The number of hydrogen-bond donors (Lipinski definition) is 0. The Labute approximate surface area is 146 Å². The third-order valence-corrected chi connectivity index (χ3v) is 4.97. The zero-order chi connectivity index (χ0) is 17.4. The lowest BCUT2D eigenvalue weighted by molar-refractivity contribution is 0.0635. The summed E-state index contributed by atoms with van der Waals surface area (Å²) in [5.74, 6) is 0.638. The molecule has 1 aromatic heterocycles. The molecule has 1 aromatic carbocycles. The van der Waals surface area contributed by atoms with E-state index in [1.165, 1.54) is 4.90 Å². The van der Waals surface area contributed by atoms with Crippen molar-refractivity contribution in [2.24, 2.45) is 7.05 Å². The molecule has 7 heteroatoms. The van der Waals surface area contributed by atoms with Crippen molar-refractivity contribution < 1.29 is 9.59 Å². The van der Waals surface area contributed by atoms with E-state index in [2.05, 4.69) is 14.8 Å². The second-order valence-corrected chi connectivity index (χ2v) is 6.47. The first-order chi connectivity index (χ1) is 12.1. The van der Waals surface area contributed by atoms with Crippen LogP contribution in [0, 0.1) is 0 Å². The van der Waals surface area contributed by atoms with Gasteiger partial charge in [-0.05, 0) is 12.1 Å². The van der Waals surface area contributed by atoms with Crippen molar-refractivity contribution in [2.75, 3.05) is 44.2 Å².